The zero-order chi connectivity index (χ0) is 10.6. The Morgan fingerprint density at radius 2 is 2.29 bits per heavy atom. The Kier molecular flexibility index (Phi) is 3.34. The molecule has 0 aliphatic carbocycles. The van der Waals surface area contributed by atoms with E-state index in [9.17, 15) is 4.79 Å². The van der Waals surface area contributed by atoms with Gasteiger partial charge >= 0.3 is 0 Å². The van der Waals surface area contributed by atoms with Crippen LogP contribution in [0.4, 0.5) is 5.69 Å². The van der Waals surface area contributed by atoms with Gasteiger partial charge in [0, 0.05) is 6.54 Å². The monoisotopic (exact) mass is 194 g/mol. The van der Waals surface area contributed by atoms with Crippen molar-refractivity contribution >= 4 is 11.6 Å². The fourth-order valence-corrected chi connectivity index (χ4v) is 1.27. The fraction of sp³-hybridized carbons (Fsp3) is 0.300. The molecule has 4 heteroatoms. The summed E-state index contributed by atoms with van der Waals surface area (Å²) in [7, 11) is 1.56. The van der Waals surface area contributed by atoms with Gasteiger partial charge in [-0.3, -0.25) is 4.79 Å². The average molecular weight is 194 g/mol. The second kappa shape index (κ2) is 4.50. The van der Waals surface area contributed by atoms with Crippen molar-refractivity contribution < 1.29 is 9.53 Å². The lowest BCUT2D eigenvalue weighted by Crippen LogP contribution is -2.15. The molecule has 0 aliphatic heterocycles. The lowest BCUT2D eigenvalue weighted by atomic mass is 10.1. The molecule has 0 unspecified atom stereocenters. The number of nitrogens with one attached hydrogen (secondary N) is 1. The van der Waals surface area contributed by atoms with Crippen molar-refractivity contribution in [2.24, 2.45) is 5.73 Å². The highest BCUT2D eigenvalue weighted by Crippen LogP contribution is 2.27. The van der Waals surface area contributed by atoms with Gasteiger partial charge in [0.15, 0.2) is 0 Å². The van der Waals surface area contributed by atoms with Gasteiger partial charge in [0.25, 0.3) is 5.91 Å². The van der Waals surface area contributed by atoms with Crippen molar-refractivity contribution in [2.45, 2.75) is 6.92 Å². The first-order valence-corrected chi connectivity index (χ1v) is 4.41. The van der Waals surface area contributed by atoms with Crippen molar-refractivity contribution in [1.82, 2.24) is 0 Å². The molecular weight excluding hydrogens is 180 g/mol. The normalized spacial score (nSPS) is 9.57. The average Bonchev–Trinajstić information content (AvgIpc) is 2.18. The van der Waals surface area contributed by atoms with Crippen LogP contribution in [0.2, 0.25) is 0 Å². The summed E-state index contributed by atoms with van der Waals surface area (Å²) in [6.45, 7) is 2.65. The first-order chi connectivity index (χ1) is 6.70. The molecule has 0 saturated carbocycles. The van der Waals surface area contributed by atoms with E-state index < -0.39 is 5.91 Å². The van der Waals surface area contributed by atoms with Crippen molar-refractivity contribution in [3.63, 3.8) is 0 Å². The van der Waals surface area contributed by atoms with Crippen molar-refractivity contribution in [1.29, 1.82) is 0 Å². The summed E-state index contributed by atoms with van der Waals surface area (Å²) in [5.74, 6) is 0.169. The van der Waals surface area contributed by atoms with E-state index >= 15 is 0 Å². The number of hydrogen-bond donors (Lipinski definition) is 2. The summed E-state index contributed by atoms with van der Waals surface area (Å²) >= 11 is 0. The Bertz CT molecular complexity index is 337. The summed E-state index contributed by atoms with van der Waals surface area (Å²) in [5.41, 5.74) is 6.34. The molecule has 0 saturated heterocycles. The van der Waals surface area contributed by atoms with Gasteiger partial charge in [-0.25, -0.2) is 0 Å². The number of nitrogens with two attached hydrogens (primary N) is 1. The molecule has 0 spiro atoms. The van der Waals surface area contributed by atoms with Crippen LogP contribution in [0.3, 0.4) is 0 Å². The van der Waals surface area contributed by atoms with Gasteiger partial charge in [0.1, 0.15) is 5.75 Å². The molecule has 1 amide bonds. The molecule has 0 bridgehead atoms. The van der Waals surface area contributed by atoms with Crippen LogP contribution in [-0.2, 0) is 0 Å². The lowest BCUT2D eigenvalue weighted by molar-refractivity contribution is 0.100. The molecule has 76 valence electrons. The summed E-state index contributed by atoms with van der Waals surface area (Å²) in [6, 6.07) is 5.19. The third-order valence-corrected chi connectivity index (χ3v) is 1.87. The predicted octanol–water partition coefficient (Wildman–Crippen LogP) is 1.23. The fourth-order valence-electron chi connectivity index (χ4n) is 1.27. The zero-order valence-corrected chi connectivity index (χ0v) is 8.33. The van der Waals surface area contributed by atoms with Crippen molar-refractivity contribution in [3.05, 3.63) is 23.8 Å². The Labute approximate surface area is 83.1 Å². The molecule has 0 radical (unpaired) electrons. The first-order valence-electron chi connectivity index (χ1n) is 4.41. The topological polar surface area (TPSA) is 64.3 Å². The molecule has 0 aromatic heterocycles. The van der Waals surface area contributed by atoms with Crippen LogP contribution in [0.25, 0.3) is 0 Å². The smallest absolute Gasteiger partial charge is 0.250 e. The summed E-state index contributed by atoms with van der Waals surface area (Å²) in [6.07, 6.45) is 0. The van der Waals surface area contributed by atoms with Crippen LogP contribution in [0.1, 0.15) is 17.3 Å². The lowest BCUT2D eigenvalue weighted by Gasteiger charge is -2.12. The third-order valence-electron chi connectivity index (χ3n) is 1.87. The Balaban J connectivity index is 3.20. The maximum atomic E-state index is 11.1. The van der Waals surface area contributed by atoms with E-state index in [-0.39, 0.29) is 0 Å². The molecule has 0 heterocycles. The largest absolute Gasteiger partial charge is 0.495 e. The minimum Gasteiger partial charge on any atom is -0.495 e. The molecule has 4 nitrogen and oxygen atoms in total. The molecule has 14 heavy (non-hydrogen) atoms. The van der Waals surface area contributed by atoms with Gasteiger partial charge < -0.3 is 15.8 Å². The van der Waals surface area contributed by atoms with Crippen molar-refractivity contribution in [3.8, 4) is 5.75 Å². The van der Waals surface area contributed by atoms with Gasteiger partial charge in [0.05, 0.1) is 18.4 Å². The molecule has 0 atom stereocenters. The van der Waals surface area contributed by atoms with E-state index in [4.69, 9.17) is 10.5 Å². The van der Waals surface area contributed by atoms with Gasteiger partial charge in [0.2, 0.25) is 0 Å². The first kappa shape index (κ1) is 10.4. The van der Waals surface area contributed by atoms with Crippen LogP contribution in [0.15, 0.2) is 18.2 Å². The molecule has 0 aliphatic rings. The molecule has 3 N–H and O–H groups in total. The number of benzene rings is 1. The van der Waals surface area contributed by atoms with Crippen LogP contribution >= 0.6 is 0 Å². The molecule has 0 fully saturated rings. The second-order valence-electron chi connectivity index (χ2n) is 2.78. The number of anilines is 1. The summed E-state index contributed by atoms with van der Waals surface area (Å²) in [5, 5.41) is 3.05. The van der Waals surface area contributed by atoms with Crippen LogP contribution in [-0.4, -0.2) is 19.6 Å². The van der Waals surface area contributed by atoms with E-state index in [2.05, 4.69) is 5.32 Å². The third kappa shape index (κ3) is 1.96. The second-order valence-corrected chi connectivity index (χ2v) is 2.78. The highest BCUT2D eigenvalue weighted by Gasteiger charge is 2.11. The number of primary amides is 1. The highest BCUT2D eigenvalue weighted by molar-refractivity contribution is 5.99. The number of rotatable bonds is 4. The number of amides is 1. The number of para-hydroxylation sites is 1. The Morgan fingerprint density at radius 1 is 1.57 bits per heavy atom. The Hall–Kier alpha value is -1.71. The minimum absolute atomic E-state index is 0.450. The number of methoxy groups -OCH3 is 1. The van der Waals surface area contributed by atoms with Gasteiger partial charge in [-0.05, 0) is 19.1 Å². The minimum atomic E-state index is -0.458. The molecule has 1 aromatic carbocycles. The quantitative estimate of drug-likeness (QED) is 0.757. The number of carbonyl (C=O) groups is 1. The summed E-state index contributed by atoms with van der Waals surface area (Å²) in [4.78, 5) is 11.1. The highest BCUT2D eigenvalue weighted by atomic mass is 16.5. The van der Waals surface area contributed by atoms with E-state index in [1.54, 1.807) is 25.3 Å². The molecule has 1 aromatic rings. The maximum absolute atomic E-state index is 11.1. The predicted molar refractivity (Wildman–Crippen MR) is 55.7 cm³/mol. The Morgan fingerprint density at radius 3 is 2.79 bits per heavy atom. The van der Waals surface area contributed by atoms with Crippen LogP contribution in [0.5, 0.6) is 5.75 Å². The maximum Gasteiger partial charge on any atom is 0.250 e. The van der Waals surface area contributed by atoms with Gasteiger partial charge in [-0.15, -0.1) is 0 Å². The van der Waals surface area contributed by atoms with Crippen LogP contribution in [0, 0.1) is 0 Å². The van der Waals surface area contributed by atoms with Gasteiger partial charge in [-0.1, -0.05) is 6.07 Å². The van der Waals surface area contributed by atoms with E-state index in [1.807, 2.05) is 6.92 Å². The van der Waals surface area contributed by atoms with Crippen molar-refractivity contribution in [2.75, 3.05) is 19.0 Å². The molecular formula is C10H14N2O2. The SMILES string of the molecule is CCNc1c(OC)cccc1C(N)=O. The standard InChI is InChI=1S/C10H14N2O2/c1-3-12-9-7(10(11)13)5-4-6-8(9)14-2/h4-6,12H,3H2,1-2H3,(H2,11,13). The number of ether oxygens (including phenoxy) is 1. The summed E-state index contributed by atoms with van der Waals surface area (Å²) < 4.78 is 5.12. The van der Waals surface area contributed by atoms with E-state index in [1.165, 1.54) is 0 Å². The van der Waals surface area contributed by atoms with E-state index in [0.29, 0.717) is 23.5 Å². The zero-order valence-electron chi connectivity index (χ0n) is 8.33. The van der Waals surface area contributed by atoms with E-state index in [0.717, 1.165) is 0 Å². The van der Waals surface area contributed by atoms with Gasteiger partial charge in [-0.2, -0.15) is 0 Å². The number of carbonyl (C=O) groups excluding carboxylic acids is 1. The van der Waals surface area contributed by atoms with Crippen LogP contribution < -0.4 is 15.8 Å². The molecule has 1 rings (SSSR count). The number of hydrogen-bond acceptors (Lipinski definition) is 3.